The van der Waals surface area contributed by atoms with Gasteiger partial charge in [-0.25, -0.2) is 4.99 Å². The summed E-state index contributed by atoms with van der Waals surface area (Å²) >= 11 is 1.85. The van der Waals surface area contributed by atoms with Crippen molar-refractivity contribution in [2.75, 3.05) is 0 Å². The molecule has 12 rings (SSSR count). The van der Waals surface area contributed by atoms with Gasteiger partial charge >= 0.3 is 0 Å². The van der Waals surface area contributed by atoms with Crippen LogP contribution in [-0.4, -0.2) is 10.4 Å². The third-order valence-electron chi connectivity index (χ3n) is 11.5. The topological polar surface area (TPSA) is 54.5 Å². The molecular weight excluding hydrogens is 717 g/mol. The Morgan fingerprint density at radius 1 is 0.509 bits per heavy atom. The molecule has 57 heavy (non-hydrogen) atoms. The van der Waals surface area contributed by atoms with Gasteiger partial charge in [-0.15, -0.1) is 11.3 Å². The largest absolute Gasteiger partial charge is 0.456 e. The van der Waals surface area contributed by atoms with Crippen molar-refractivity contribution in [1.29, 1.82) is 0 Å². The molecule has 3 aromatic heterocycles. The molecule has 1 aliphatic rings. The number of benzene rings is 8. The smallest absolute Gasteiger partial charge is 0.136 e. The highest BCUT2D eigenvalue weighted by Gasteiger charge is 2.27. The molecule has 4 heterocycles. The van der Waals surface area contributed by atoms with E-state index in [0.717, 1.165) is 55.6 Å². The molecule has 0 saturated carbocycles. The monoisotopic (exact) mass is 750 g/mol. The van der Waals surface area contributed by atoms with Crippen LogP contribution in [0.4, 0.5) is 0 Å². The highest BCUT2D eigenvalue weighted by atomic mass is 32.1. The number of nitrogens with zero attached hydrogens (tertiary/aromatic N) is 2. The predicted octanol–water partition coefficient (Wildman–Crippen LogP) is 13.1. The third kappa shape index (κ3) is 5.15. The summed E-state index contributed by atoms with van der Waals surface area (Å²) in [5, 5.41) is 14.6. The quantitative estimate of drug-likeness (QED) is 0.184. The molecular formula is C51H34N4OS. The van der Waals surface area contributed by atoms with Crippen LogP contribution in [0.15, 0.2) is 191 Å². The minimum absolute atomic E-state index is 0.123. The number of furan rings is 1. The lowest BCUT2D eigenvalue weighted by molar-refractivity contribution is 0.409. The van der Waals surface area contributed by atoms with Crippen LogP contribution in [0, 0.1) is 0 Å². The summed E-state index contributed by atoms with van der Waals surface area (Å²) < 4.78 is 11.7. The Morgan fingerprint density at radius 2 is 1.19 bits per heavy atom. The molecule has 0 bridgehead atoms. The van der Waals surface area contributed by atoms with Crippen molar-refractivity contribution in [2.45, 2.75) is 12.3 Å². The normalized spacial score (nSPS) is 15.9. The summed E-state index contributed by atoms with van der Waals surface area (Å²) in [6.45, 7) is 0. The van der Waals surface area contributed by atoms with Gasteiger partial charge in [0.1, 0.15) is 29.3 Å². The van der Waals surface area contributed by atoms with E-state index in [2.05, 4.69) is 185 Å². The van der Waals surface area contributed by atoms with E-state index >= 15 is 0 Å². The van der Waals surface area contributed by atoms with Gasteiger partial charge in [0.25, 0.3) is 0 Å². The SMILES string of the molecule is c1ccc(C2N=C(c3cccc4oc5cc(-c6ccc7sc8cccc(-n9c%10ccccc%10c%10ccccc%109)c8c7c6)ccc5c34)NC(c3ccccc3)N2)cc1. The summed E-state index contributed by atoms with van der Waals surface area (Å²) in [6.07, 6.45) is -0.339. The molecule has 0 spiro atoms. The lowest BCUT2D eigenvalue weighted by atomic mass is 9.99. The van der Waals surface area contributed by atoms with E-state index in [1.165, 1.54) is 47.7 Å². The number of hydrogen-bond donors (Lipinski definition) is 2. The standard InChI is InChI=1S/C51H34N4OS/c1-3-13-31(14-4-1)49-52-50(32-15-5-2-6-16-32)54-51(53-49)38-19-11-23-43-47(38)37-27-25-34(30-44(37)56-43)33-26-28-45-39(29-33)48-42(22-12-24-46(48)57-45)55-40-20-9-7-17-35(40)36-18-8-10-21-41(36)55/h1-30,49-50,52H,(H,53,54). The molecule has 1 aliphatic heterocycles. The maximum Gasteiger partial charge on any atom is 0.136 e. The number of nitrogens with one attached hydrogen (secondary N) is 2. The molecule has 0 saturated heterocycles. The molecule has 2 N–H and O–H groups in total. The maximum atomic E-state index is 6.66. The average molecular weight is 751 g/mol. The van der Waals surface area contributed by atoms with E-state index in [9.17, 15) is 0 Å². The van der Waals surface area contributed by atoms with Crippen LogP contribution in [0.2, 0.25) is 0 Å². The minimum atomic E-state index is -0.216. The number of fused-ring (bicyclic) bond motifs is 9. The van der Waals surface area contributed by atoms with Gasteiger partial charge in [-0.05, 0) is 76.9 Å². The Kier molecular flexibility index (Phi) is 7.24. The summed E-state index contributed by atoms with van der Waals surface area (Å²) in [5.74, 6) is 0.836. The number of aliphatic imine (C=N–C) groups is 1. The highest BCUT2D eigenvalue weighted by molar-refractivity contribution is 7.25. The molecule has 2 atom stereocenters. The highest BCUT2D eigenvalue weighted by Crippen LogP contribution is 2.43. The van der Waals surface area contributed by atoms with Crippen LogP contribution in [-0.2, 0) is 0 Å². The molecule has 0 amide bonds. The summed E-state index contributed by atoms with van der Waals surface area (Å²) in [4.78, 5) is 5.26. The van der Waals surface area contributed by atoms with Crippen LogP contribution in [0.5, 0.6) is 0 Å². The van der Waals surface area contributed by atoms with Crippen LogP contribution in [0.25, 0.3) is 80.7 Å². The molecule has 0 aliphatic carbocycles. The third-order valence-corrected chi connectivity index (χ3v) is 12.6. The zero-order chi connectivity index (χ0) is 37.5. The van der Waals surface area contributed by atoms with Crippen LogP contribution >= 0.6 is 11.3 Å². The molecule has 8 aromatic carbocycles. The van der Waals surface area contributed by atoms with Crippen molar-refractivity contribution in [2.24, 2.45) is 4.99 Å². The number of hydrogen-bond acceptors (Lipinski definition) is 5. The van der Waals surface area contributed by atoms with E-state index in [4.69, 9.17) is 9.41 Å². The van der Waals surface area contributed by atoms with Gasteiger partial charge in [-0.3, -0.25) is 5.32 Å². The second-order valence-corrected chi connectivity index (χ2v) is 15.9. The fourth-order valence-electron chi connectivity index (χ4n) is 8.88. The summed E-state index contributed by atoms with van der Waals surface area (Å²) in [7, 11) is 0. The molecule has 0 fully saturated rings. The Morgan fingerprint density at radius 3 is 1.98 bits per heavy atom. The second-order valence-electron chi connectivity index (χ2n) is 14.8. The van der Waals surface area contributed by atoms with E-state index in [1.54, 1.807) is 0 Å². The van der Waals surface area contributed by atoms with Crippen LogP contribution in [0.1, 0.15) is 29.0 Å². The summed E-state index contributed by atoms with van der Waals surface area (Å²) in [6, 6.07) is 64.9. The van der Waals surface area contributed by atoms with Crippen molar-refractivity contribution >= 4 is 81.1 Å². The van der Waals surface area contributed by atoms with E-state index in [-0.39, 0.29) is 12.3 Å². The first-order valence-electron chi connectivity index (χ1n) is 19.4. The van der Waals surface area contributed by atoms with Gasteiger partial charge in [-0.1, -0.05) is 127 Å². The van der Waals surface area contributed by atoms with E-state index < -0.39 is 0 Å². The lowest BCUT2D eigenvalue weighted by Crippen LogP contribution is -2.45. The number of thiophene rings is 1. The first-order chi connectivity index (χ1) is 28.2. The number of amidine groups is 1. The van der Waals surface area contributed by atoms with E-state index in [1.807, 2.05) is 23.5 Å². The van der Waals surface area contributed by atoms with E-state index in [0.29, 0.717) is 0 Å². The minimum Gasteiger partial charge on any atom is -0.456 e. The number of aromatic nitrogens is 1. The molecule has 5 nitrogen and oxygen atoms in total. The van der Waals surface area contributed by atoms with Crippen molar-refractivity contribution in [3.8, 4) is 16.8 Å². The molecule has 6 heteroatoms. The zero-order valence-corrected chi connectivity index (χ0v) is 31.5. The van der Waals surface area contributed by atoms with Gasteiger partial charge in [0.2, 0.25) is 0 Å². The average Bonchev–Trinajstić information content (AvgIpc) is 3.96. The Labute approximate surface area is 332 Å². The van der Waals surface area contributed by atoms with Gasteiger partial charge in [-0.2, -0.15) is 0 Å². The van der Waals surface area contributed by atoms with Crippen molar-refractivity contribution < 1.29 is 4.42 Å². The van der Waals surface area contributed by atoms with Gasteiger partial charge < -0.3 is 14.3 Å². The van der Waals surface area contributed by atoms with Crippen LogP contribution in [0.3, 0.4) is 0 Å². The zero-order valence-electron chi connectivity index (χ0n) is 30.7. The van der Waals surface area contributed by atoms with Gasteiger partial charge in [0.15, 0.2) is 0 Å². The van der Waals surface area contributed by atoms with Crippen molar-refractivity contribution in [3.63, 3.8) is 0 Å². The molecule has 0 radical (unpaired) electrons. The first kappa shape index (κ1) is 32.3. The Bertz CT molecular complexity index is 3320. The van der Waals surface area contributed by atoms with Gasteiger partial charge in [0, 0.05) is 47.3 Å². The van der Waals surface area contributed by atoms with Crippen molar-refractivity contribution in [3.05, 3.63) is 199 Å². The van der Waals surface area contributed by atoms with Crippen molar-refractivity contribution in [1.82, 2.24) is 15.2 Å². The Balaban J connectivity index is 0.986. The first-order valence-corrected chi connectivity index (χ1v) is 20.2. The molecule has 11 aromatic rings. The molecule has 270 valence electrons. The summed E-state index contributed by atoms with van der Waals surface area (Å²) in [5.41, 5.74) is 10.9. The molecule has 2 unspecified atom stereocenters. The number of para-hydroxylation sites is 2. The number of rotatable bonds is 5. The maximum absolute atomic E-state index is 6.66. The Hall–Kier alpha value is -6.99. The second kappa shape index (κ2) is 12.8. The van der Waals surface area contributed by atoms with Crippen LogP contribution < -0.4 is 10.6 Å². The lowest BCUT2D eigenvalue weighted by Gasteiger charge is -2.32. The fourth-order valence-corrected chi connectivity index (χ4v) is 9.98. The van der Waals surface area contributed by atoms with Gasteiger partial charge in [0.05, 0.1) is 16.7 Å². The fraction of sp³-hybridized carbons (Fsp3) is 0.0392. The predicted molar refractivity (Wildman–Crippen MR) is 238 cm³/mol.